The Balaban J connectivity index is 1.75. The Morgan fingerprint density at radius 3 is 2.76 bits per heavy atom. The molecule has 0 amide bonds. The lowest BCUT2D eigenvalue weighted by Gasteiger charge is -2.47. The Morgan fingerprint density at radius 2 is 2.18 bits per heavy atom. The fourth-order valence-electron chi connectivity index (χ4n) is 2.93. The molecule has 2 aliphatic rings. The average Bonchev–Trinajstić information content (AvgIpc) is 2.25. The van der Waals surface area contributed by atoms with Gasteiger partial charge in [0.2, 0.25) is 0 Å². The highest BCUT2D eigenvalue weighted by molar-refractivity contribution is 4.96. The van der Waals surface area contributed by atoms with Gasteiger partial charge in [-0.2, -0.15) is 0 Å². The Bertz CT molecular complexity index is 249. The fourth-order valence-corrected chi connectivity index (χ4v) is 2.93. The zero-order chi connectivity index (χ0) is 12.4. The highest BCUT2D eigenvalue weighted by atomic mass is 16.5. The smallest absolute Gasteiger partial charge is 0.0697 e. The van der Waals surface area contributed by atoms with Crippen LogP contribution in [0.25, 0.3) is 0 Å². The largest absolute Gasteiger partial charge is 0.396 e. The minimum absolute atomic E-state index is 0.194. The third kappa shape index (κ3) is 3.43. The van der Waals surface area contributed by atoms with E-state index in [1.54, 1.807) is 0 Å². The van der Waals surface area contributed by atoms with Crippen molar-refractivity contribution in [1.82, 2.24) is 5.32 Å². The molecule has 0 aromatic rings. The maximum absolute atomic E-state index is 9.02. The third-order valence-electron chi connectivity index (χ3n) is 4.42. The summed E-state index contributed by atoms with van der Waals surface area (Å²) in [5, 5.41) is 12.7. The van der Waals surface area contributed by atoms with Gasteiger partial charge in [0.25, 0.3) is 0 Å². The molecular weight excluding hydrogens is 214 g/mol. The van der Waals surface area contributed by atoms with Crippen LogP contribution in [-0.4, -0.2) is 36.5 Å². The molecule has 0 aromatic carbocycles. The van der Waals surface area contributed by atoms with E-state index >= 15 is 0 Å². The van der Waals surface area contributed by atoms with Crippen LogP contribution in [0.5, 0.6) is 0 Å². The SMILES string of the molecule is CC(C)(CCO)CNC1CCOC2(CCC2)C1. The Hall–Kier alpha value is -0.120. The second kappa shape index (κ2) is 5.25. The van der Waals surface area contributed by atoms with E-state index in [4.69, 9.17) is 9.84 Å². The number of ether oxygens (including phenoxy) is 1. The van der Waals surface area contributed by atoms with Crippen molar-refractivity contribution in [2.75, 3.05) is 19.8 Å². The molecule has 17 heavy (non-hydrogen) atoms. The van der Waals surface area contributed by atoms with Gasteiger partial charge in [0, 0.05) is 25.8 Å². The summed E-state index contributed by atoms with van der Waals surface area (Å²) in [4.78, 5) is 0. The van der Waals surface area contributed by atoms with Crippen LogP contribution in [0.1, 0.15) is 52.4 Å². The predicted molar refractivity (Wildman–Crippen MR) is 69.0 cm³/mol. The highest BCUT2D eigenvalue weighted by Crippen LogP contribution is 2.42. The van der Waals surface area contributed by atoms with Crippen molar-refractivity contribution in [2.24, 2.45) is 5.41 Å². The topological polar surface area (TPSA) is 41.5 Å². The molecule has 1 saturated carbocycles. The van der Waals surface area contributed by atoms with Crippen molar-refractivity contribution >= 4 is 0 Å². The first-order valence-corrected chi connectivity index (χ1v) is 7.04. The zero-order valence-corrected chi connectivity index (χ0v) is 11.3. The van der Waals surface area contributed by atoms with Crippen LogP contribution in [0.4, 0.5) is 0 Å². The van der Waals surface area contributed by atoms with Crippen molar-refractivity contribution < 1.29 is 9.84 Å². The lowest BCUT2D eigenvalue weighted by molar-refractivity contribution is -0.136. The number of hydrogen-bond donors (Lipinski definition) is 2. The van der Waals surface area contributed by atoms with E-state index in [2.05, 4.69) is 19.2 Å². The Labute approximate surface area is 105 Å². The fraction of sp³-hybridized carbons (Fsp3) is 1.00. The molecule has 1 atom stereocenters. The summed E-state index contributed by atoms with van der Waals surface area (Å²) >= 11 is 0. The van der Waals surface area contributed by atoms with E-state index in [-0.39, 0.29) is 17.6 Å². The molecule has 2 rings (SSSR count). The monoisotopic (exact) mass is 241 g/mol. The normalized spacial score (nSPS) is 28.1. The van der Waals surface area contributed by atoms with Crippen LogP contribution in [-0.2, 0) is 4.74 Å². The molecular formula is C14H27NO2. The van der Waals surface area contributed by atoms with E-state index in [1.165, 1.54) is 25.7 Å². The summed E-state index contributed by atoms with van der Waals surface area (Å²) in [7, 11) is 0. The van der Waals surface area contributed by atoms with Gasteiger partial charge in [-0.05, 0) is 43.9 Å². The van der Waals surface area contributed by atoms with Gasteiger partial charge in [-0.1, -0.05) is 13.8 Å². The van der Waals surface area contributed by atoms with Crippen LogP contribution in [0, 0.1) is 5.41 Å². The molecule has 3 nitrogen and oxygen atoms in total. The molecule has 1 saturated heterocycles. The van der Waals surface area contributed by atoms with Crippen molar-refractivity contribution in [3.63, 3.8) is 0 Å². The minimum atomic E-state index is 0.194. The van der Waals surface area contributed by atoms with Crippen LogP contribution in [0.15, 0.2) is 0 Å². The van der Waals surface area contributed by atoms with Crippen molar-refractivity contribution in [3.05, 3.63) is 0 Å². The van der Waals surface area contributed by atoms with E-state index < -0.39 is 0 Å². The third-order valence-corrected chi connectivity index (χ3v) is 4.42. The van der Waals surface area contributed by atoms with Crippen molar-refractivity contribution in [3.8, 4) is 0 Å². The maximum atomic E-state index is 9.02. The number of aliphatic hydroxyl groups is 1. The second-order valence-electron chi connectivity index (χ2n) is 6.59. The molecule has 1 unspecified atom stereocenters. The number of hydrogen-bond acceptors (Lipinski definition) is 3. The summed E-state index contributed by atoms with van der Waals surface area (Å²) in [5.74, 6) is 0. The first-order chi connectivity index (χ1) is 8.05. The maximum Gasteiger partial charge on any atom is 0.0697 e. The van der Waals surface area contributed by atoms with Crippen molar-refractivity contribution in [1.29, 1.82) is 0 Å². The first-order valence-electron chi connectivity index (χ1n) is 7.04. The summed E-state index contributed by atoms with van der Waals surface area (Å²) in [6.07, 6.45) is 7.03. The Kier molecular flexibility index (Phi) is 4.11. The van der Waals surface area contributed by atoms with Gasteiger partial charge < -0.3 is 15.2 Å². The van der Waals surface area contributed by atoms with E-state index in [0.717, 1.165) is 26.0 Å². The molecule has 2 fully saturated rings. The van der Waals surface area contributed by atoms with E-state index in [9.17, 15) is 0 Å². The molecule has 1 spiro atoms. The highest BCUT2D eigenvalue weighted by Gasteiger charge is 2.42. The lowest BCUT2D eigenvalue weighted by Crippen LogP contribution is -2.52. The molecule has 0 radical (unpaired) electrons. The van der Waals surface area contributed by atoms with Gasteiger partial charge in [0.1, 0.15) is 0 Å². The zero-order valence-electron chi connectivity index (χ0n) is 11.3. The average molecular weight is 241 g/mol. The van der Waals surface area contributed by atoms with Gasteiger partial charge in [-0.25, -0.2) is 0 Å². The first kappa shape index (κ1) is 13.3. The molecule has 3 heteroatoms. The van der Waals surface area contributed by atoms with Crippen LogP contribution < -0.4 is 5.32 Å². The summed E-state index contributed by atoms with van der Waals surface area (Å²) in [6.45, 7) is 6.63. The molecule has 2 N–H and O–H groups in total. The van der Waals surface area contributed by atoms with Gasteiger partial charge in [0.15, 0.2) is 0 Å². The predicted octanol–water partition coefficient (Wildman–Crippen LogP) is 2.09. The summed E-state index contributed by atoms with van der Waals surface area (Å²) in [5.41, 5.74) is 0.427. The quantitative estimate of drug-likeness (QED) is 0.774. The van der Waals surface area contributed by atoms with Gasteiger partial charge in [-0.3, -0.25) is 0 Å². The van der Waals surface area contributed by atoms with Gasteiger partial charge in [-0.15, -0.1) is 0 Å². The molecule has 0 bridgehead atoms. The van der Waals surface area contributed by atoms with E-state index in [0.29, 0.717) is 6.04 Å². The van der Waals surface area contributed by atoms with Crippen LogP contribution >= 0.6 is 0 Å². The molecule has 0 aromatic heterocycles. The molecule has 1 aliphatic heterocycles. The van der Waals surface area contributed by atoms with Crippen molar-refractivity contribution in [2.45, 2.75) is 64.0 Å². The molecule has 100 valence electrons. The second-order valence-corrected chi connectivity index (χ2v) is 6.59. The van der Waals surface area contributed by atoms with E-state index in [1.807, 2.05) is 0 Å². The van der Waals surface area contributed by atoms with Gasteiger partial charge in [0.05, 0.1) is 5.60 Å². The minimum Gasteiger partial charge on any atom is -0.396 e. The van der Waals surface area contributed by atoms with Gasteiger partial charge >= 0.3 is 0 Å². The van der Waals surface area contributed by atoms with Crippen LogP contribution in [0.3, 0.4) is 0 Å². The lowest BCUT2D eigenvalue weighted by atomic mass is 9.73. The standard InChI is InChI=1S/C14H27NO2/c1-13(2,7-8-16)11-15-12-4-9-17-14(10-12)5-3-6-14/h12,15-16H,3-11H2,1-2H3. The molecule has 1 aliphatic carbocycles. The summed E-state index contributed by atoms with van der Waals surface area (Å²) < 4.78 is 5.93. The number of aliphatic hydroxyl groups excluding tert-OH is 1. The van der Waals surface area contributed by atoms with Crippen LogP contribution in [0.2, 0.25) is 0 Å². The number of nitrogens with one attached hydrogen (secondary N) is 1. The molecule has 1 heterocycles. The summed E-state index contributed by atoms with van der Waals surface area (Å²) in [6, 6.07) is 0.613. The number of rotatable bonds is 5. The Morgan fingerprint density at radius 1 is 1.41 bits per heavy atom.